The molecule has 3 aromatic carbocycles. The normalized spacial score (nSPS) is 22.5. The van der Waals surface area contributed by atoms with Gasteiger partial charge in [0.2, 0.25) is 59.1 Å². The summed E-state index contributed by atoms with van der Waals surface area (Å²) in [7, 11) is 0. The summed E-state index contributed by atoms with van der Waals surface area (Å²) in [5.74, 6) is -8.45. The highest BCUT2D eigenvalue weighted by atomic mass is 16.2. The molecule has 0 spiro atoms. The number of unbranched alkanes of at least 4 members (excludes halogenated alkanes) is 1. The Morgan fingerprint density at radius 1 is 0.602 bits per heavy atom. The maximum atomic E-state index is 15.1. The summed E-state index contributed by atoms with van der Waals surface area (Å²) in [6.07, 6.45) is 4.96. The van der Waals surface area contributed by atoms with Crippen LogP contribution < -0.4 is 60.2 Å². The monoisotopic (exact) mass is 1210 g/mol. The standard InChI is InChI=1S/C61H81N17O10/c1-2-26-77-35-52(80)70-47(31-40-34-66-36-69-40)57(85)73-45(28-37-15-5-3-6-16-37)55(83)72-44(22-13-25-67-61(64)65)53(81)74-46(30-39-33-68-42-20-10-9-19-41(39)42)56(84)75-48(32-51(63)79)58(86)71-43(21-11-12-24-62)54(82)76-49(29-38-17-7-4-8-18-38)59(87)78-27-14-23-50(78)60(77)88/h3-10,15-20,33-34,36,43-50,68H,2,11-14,21-32,35,62H2,1H3,(H2,63,79)(H,66,69)(H,70,80)(H,71,86)(H,72,83)(H,73,85)(H,74,81)(H,75,84)(H,76,82)(H4,64,65,67)/t43-,44-,45+,46-,47-,48-,49-,50+/m0/s1. The lowest BCUT2D eigenvalue weighted by Crippen LogP contribution is -2.61. The van der Waals surface area contributed by atoms with Gasteiger partial charge in [0.15, 0.2) is 5.96 Å². The van der Waals surface area contributed by atoms with E-state index in [1.807, 2.05) is 6.92 Å². The van der Waals surface area contributed by atoms with E-state index in [1.54, 1.807) is 91.1 Å². The Balaban J connectivity index is 1.32. The van der Waals surface area contributed by atoms with Gasteiger partial charge in [0.05, 0.1) is 19.3 Å². The van der Waals surface area contributed by atoms with Gasteiger partial charge in [-0.1, -0.05) is 85.8 Å². The number of carbonyl (C=O) groups is 10. The number of H-pyrrole nitrogens is 2. The molecule has 2 fully saturated rings. The van der Waals surface area contributed by atoms with Crippen molar-refractivity contribution in [2.24, 2.45) is 27.9 Å². The van der Waals surface area contributed by atoms with Crippen molar-refractivity contribution < 1.29 is 47.9 Å². The number of imidazole rings is 1. The molecule has 470 valence electrons. The second-order valence-electron chi connectivity index (χ2n) is 22.1. The molecule has 7 rings (SSSR count). The van der Waals surface area contributed by atoms with Crippen LogP contribution >= 0.6 is 0 Å². The van der Waals surface area contributed by atoms with Crippen molar-refractivity contribution in [1.82, 2.24) is 62.0 Å². The van der Waals surface area contributed by atoms with Gasteiger partial charge in [-0.25, -0.2) is 4.98 Å². The fourth-order valence-corrected chi connectivity index (χ4v) is 10.9. The maximum absolute atomic E-state index is 15.1. The van der Waals surface area contributed by atoms with Crippen LogP contribution in [0.15, 0.2) is 109 Å². The number of fused-ring (bicyclic) bond motifs is 2. The smallest absolute Gasteiger partial charge is 0.246 e. The minimum Gasteiger partial charge on any atom is -0.370 e. The quantitative estimate of drug-likeness (QED) is 0.0249. The summed E-state index contributed by atoms with van der Waals surface area (Å²) in [5.41, 5.74) is 25.8. The van der Waals surface area contributed by atoms with Crippen LogP contribution in [0.5, 0.6) is 0 Å². The maximum Gasteiger partial charge on any atom is 0.246 e. The van der Waals surface area contributed by atoms with Crippen LogP contribution in [0.3, 0.4) is 0 Å². The number of hydrogen-bond acceptors (Lipinski definition) is 13. The van der Waals surface area contributed by atoms with Crippen molar-refractivity contribution in [2.75, 3.05) is 32.7 Å². The second-order valence-corrected chi connectivity index (χ2v) is 22.1. The molecule has 0 aliphatic carbocycles. The third kappa shape index (κ3) is 19.2. The van der Waals surface area contributed by atoms with Gasteiger partial charge in [0, 0.05) is 74.3 Å². The molecule has 0 unspecified atom stereocenters. The summed E-state index contributed by atoms with van der Waals surface area (Å²) in [5, 5.41) is 19.9. The first-order valence-corrected chi connectivity index (χ1v) is 29.8. The van der Waals surface area contributed by atoms with Crippen molar-refractivity contribution in [1.29, 1.82) is 0 Å². The van der Waals surface area contributed by atoms with Crippen molar-refractivity contribution in [3.63, 3.8) is 0 Å². The number of carbonyl (C=O) groups excluding carboxylic acids is 10. The Hall–Kier alpha value is -9.66. The van der Waals surface area contributed by atoms with Gasteiger partial charge in [-0.3, -0.25) is 52.9 Å². The first-order valence-electron chi connectivity index (χ1n) is 29.8. The lowest BCUT2D eigenvalue weighted by atomic mass is 10.0. The Morgan fingerprint density at radius 2 is 1.15 bits per heavy atom. The molecule has 0 saturated carbocycles. The number of hydrogen-bond donors (Lipinski definition) is 13. The zero-order valence-corrected chi connectivity index (χ0v) is 49.3. The third-order valence-corrected chi connectivity index (χ3v) is 15.3. The first-order chi connectivity index (χ1) is 42.4. The second kappa shape index (κ2) is 32.7. The summed E-state index contributed by atoms with van der Waals surface area (Å²) in [6.45, 7) is 1.73. The number of benzene rings is 3. The largest absolute Gasteiger partial charge is 0.370 e. The number of aromatic nitrogens is 3. The molecule has 0 bridgehead atoms. The number of nitrogens with one attached hydrogen (secondary N) is 9. The van der Waals surface area contributed by atoms with E-state index < -0.39 is 120 Å². The number of nitrogens with zero attached hydrogens (tertiary/aromatic N) is 4. The number of aliphatic imine (C=N–C) groups is 1. The van der Waals surface area contributed by atoms with Crippen molar-refractivity contribution in [3.8, 4) is 0 Å². The van der Waals surface area contributed by atoms with Crippen LogP contribution in [0.1, 0.15) is 87.1 Å². The van der Waals surface area contributed by atoms with E-state index in [0.717, 1.165) is 0 Å². The highest BCUT2D eigenvalue weighted by Gasteiger charge is 2.42. The lowest BCUT2D eigenvalue weighted by Gasteiger charge is -2.33. The van der Waals surface area contributed by atoms with E-state index in [-0.39, 0.29) is 83.5 Å². The molecule has 27 heteroatoms. The molecular formula is C61H81N17O10. The average Bonchev–Trinajstić information content (AvgIpc) is 4.45. The first kappa shape index (κ1) is 65.9. The lowest BCUT2D eigenvalue weighted by molar-refractivity contribution is -0.147. The fourth-order valence-electron chi connectivity index (χ4n) is 10.9. The van der Waals surface area contributed by atoms with Crippen LogP contribution in [0, 0.1) is 0 Å². The Labute approximate surface area is 509 Å². The van der Waals surface area contributed by atoms with Gasteiger partial charge in [0.1, 0.15) is 48.3 Å². The molecule has 4 heterocycles. The number of rotatable bonds is 20. The van der Waals surface area contributed by atoms with E-state index in [0.29, 0.717) is 59.0 Å². The summed E-state index contributed by atoms with van der Waals surface area (Å²) >= 11 is 0. The van der Waals surface area contributed by atoms with Crippen LogP contribution in [0.2, 0.25) is 0 Å². The number of nitrogens with two attached hydrogens (primary N) is 4. The predicted octanol–water partition coefficient (Wildman–Crippen LogP) is -1.14. The highest BCUT2D eigenvalue weighted by molar-refractivity contribution is 6.00. The molecule has 17 N–H and O–H groups in total. The van der Waals surface area contributed by atoms with E-state index in [9.17, 15) is 43.2 Å². The number of primary amides is 1. The van der Waals surface area contributed by atoms with Crippen molar-refractivity contribution in [2.45, 2.75) is 139 Å². The predicted molar refractivity (Wildman–Crippen MR) is 326 cm³/mol. The van der Waals surface area contributed by atoms with E-state index >= 15 is 4.79 Å². The van der Waals surface area contributed by atoms with Crippen molar-refractivity contribution in [3.05, 3.63) is 126 Å². The van der Waals surface area contributed by atoms with E-state index in [1.165, 1.54) is 22.3 Å². The van der Waals surface area contributed by atoms with Gasteiger partial charge < -0.3 is 79.9 Å². The fraction of sp³-hybridized carbons (Fsp3) is 0.443. The molecule has 2 aromatic heterocycles. The minimum atomic E-state index is -1.74. The van der Waals surface area contributed by atoms with Crippen LogP contribution in [0.4, 0.5) is 0 Å². The van der Waals surface area contributed by atoms with Crippen LogP contribution in [0.25, 0.3) is 10.9 Å². The Morgan fingerprint density at radius 3 is 1.75 bits per heavy atom. The molecule has 5 aromatic rings. The van der Waals surface area contributed by atoms with Crippen molar-refractivity contribution >= 4 is 75.9 Å². The molecule has 2 aliphatic heterocycles. The van der Waals surface area contributed by atoms with Gasteiger partial charge in [-0.15, -0.1) is 0 Å². The Kier molecular flexibility index (Phi) is 24.5. The van der Waals surface area contributed by atoms with Gasteiger partial charge >= 0.3 is 0 Å². The zero-order valence-electron chi connectivity index (χ0n) is 49.3. The molecule has 2 aliphatic rings. The average molecular weight is 1210 g/mol. The Bertz CT molecular complexity index is 3230. The summed E-state index contributed by atoms with van der Waals surface area (Å²) in [4.78, 5) is 163. The summed E-state index contributed by atoms with van der Waals surface area (Å²) < 4.78 is 0. The number of amides is 10. The zero-order chi connectivity index (χ0) is 63.1. The molecule has 8 atom stereocenters. The van der Waals surface area contributed by atoms with Gasteiger partial charge in [-0.05, 0) is 80.7 Å². The van der Waals surface area contributed by atoms with Gasteiger partial charge in [0.25, 0.3) is 0 Å². The molecule has 27 nitrogen and oxygen atoms in total. The number of guanidine groups is 1. The molecule has 88 heavy (non-hydrogen) atoms. The van der Waals surface area contributed by atoms with E-state index in [4.69, 9.17) is 22.9 Å². The molecule has 10 amide bonds. The topological polar surface area (TPSA) is 422 Å². The van der Waals surface area contributed by atoms with Crippen LogP contribution in [-0.4, -0.2) is 171 Å². The third-order valence-electron chi connectivity index (χ3n) is 15.3. The summed E-state index contributed by atoms with van der Waals surface area (Å²) in [6, 6.07) is 13.5. The number of para-hydroxylation sites is 1. The van der Waals surface area contributed by atoms with E-state index in [2.05, 4.69) is 57.2 Å². The SMILES string of the molecule is CCCN1CC(=O)N[C@@H](Cc2cnc[nH]2)C(=O)N[C@H](Cc2ccccc2)C(=O)N[C@@H](CCCN=C(N)N)C(=O)N[C@@H](Cc2c[nH]c3ccccc23)C(=O)N[C@@H](CC(N)=O)C(=O)N[C@@H](CCCCN)C(=O)N[C@@H](Cc2ccccc2)C(=O)N2CCC[C@@H]2C1=O. The van der Waals surface area contributed by atoms with Crippen LogP contribution in [-0.2, 0) is 73.6 Å². The molecule has 2 saturated heterocycles. The highest BCUT2D eigenvalue weighted by Crippen LogP contribution is 2.24. The van der Waals surface area contributed by atoms with Gasteiger partial charge in [-0.2, -0.15) is 0 Å². The molecular weight excluding hydrogens is 1130 g/mol. The number of aromatic amines is 2. The minimum absolute atomic E-state index is 0.0112. The molecule has 0 radical (unpaired) electrons.